The number of benzene rings is 2. The number of morpholine rings is 1. The number of rotatable bonds is 7. The van der Waals surface area contributed by atoms with Crippen molar-refractivity contribution >= 4 is 39.3 Å². The summed E-state index contributed by atoms with van der Waals surface area (Å²) in [7, 11) is -2.16. The van der Waals surface area contributed by atoms with Crippen LogP contribution in [0.5, 0.6) is 5.75 Å². The molecule has 1 N–H and O–H groups in total. The van der Waals surface area contributed by atoms with Crippen molar-refractivity contribution in [3.05, 3.63) is 48.0 Å². The van der Waals surface area contributed by atoms with Crippen LogP contribution in [0.25, 0.3) is 0 Å². The van der Waals surface area contributed by atoms with Gasteiger partial charge in [-0.05, 0) is 35.9 Å². The second kappa shape index (κ2) is 11.0. The summed E-state index contributed by atoms with van der Waals surface area (Å²) in [5.41, 5.74) is 1.34. The molecule has 1 atom stereocenters. The van der Waals surface area contributed by atoms with E-state index in [0.717, 1.165) is 16.2 Å². The highest BCUT2D eigenvalue weighted by atomic mass is 32.2. The summed E-state index contributed by atoms with van der Waals surface area (Å²) in [6, 6.07) is 12.1. The van der Waals surface area contributed by atoms with Gasteiger partial charge < -0.3 is 19.7 Å². The summed E-state index contributed by atoms with van der Waals surface area (Å²) in [5.74, 6) is 0.408. The van der Waals surface area contributed by atoms with E-state index in [1.54, 1.807) is 19.2 Å². The van der Waals surface area contributed by atoms with Crippen LogP contribution in [0.15, 0.2) is 52.3 Å². The number of thioether (sulfide) groups is 1. The first kappa shape index (κ1) is 25.5. The summed E-state index contributed by atoms with van der Waals surface area (Å²) in [6.45, 7) is 3.16. The zero-order valence-corrected chi connectivity index (χ0v) is 21.4. The Morgan fingerprint density at radius 3 is 2.57 bits per heavy atom. The Morgan fingerprint density at radius 2 is 1.89 bits per heavy atom. The molecule has 2 aliphatic rings. The molecular formula is C24H29N3O6S2. The van der Waals surface area contributed by atoms with E-state index in [0.29, 0.717) is 31.2 Å². The molecule has 0 saturated carbocycles. The molecule has 0 unspecified atom stereocenters. The van der Waals surface area contributed by atoms with Crippen LogP contribution in [0.4, 0.5) is 5.69 Å². The normalized spacial score (nSPS) is 19.1. The highest BCUT2D eigenvalue weighted by Gasteiger charge is 2.32. The average Bonchev–Trinajstić information content (AvgIpc) is 3.00. The fraction of sp³-hybridized carbons (Fsp3) is 0.417. The van der Waals surface area contributed by atoms with Gasteiger partial charge >= 0.3 is 0 Å². The second-order valence-electron chi connectivity index (χ2n) is 8.41. The minimum Gasteiger partial charge on any atom is -0.497 e. The van der Waals surface area contributed by atoms with Gasteiger partial charge in [-0.25, -0.2) is 8.42 Å². The van der Waals surface area contributed by atoms with Crippen LogP contribution in [0, 0.1) is 5.92 Å². The predicted octanol–water partition coefficient (Wildman–Crippen LogP) is 2.11. The van der Waals surface area contributed by atoms with E-state index < -0.39 is 10.0 Å². The monoisotopic (exact) mass is 519 g/mol. The number of amides is 2. The predicted molar refractivity (Wildman–Crippen MR) is 133 cm³/mol. The quantitative estimate of drug-likeness (QED) is 0.597. The zero-order valence-electron chi connectivity index (χ0n) is 19.7. The number of anilines is 1. The highest BCUT2D eigenvalue weighted by molar-refractivity contribution is 7.99. The maximum absolute atomic E-state index is 13.2. The zero-order chi connectivity index (χ0) is 25.0. The second-order valence-corrected chi connectivity index (χ2v) is 11.4. The number of carbonyl (C=O) groups is 2. The Balaban J connectivity index is 1.55. The van der Waals surface area contributed by atoms with Crippen molar-refractivity contribution in [3.63, 3.8) is 0 Å². The SMILES string of the molecule is COc1ccc(CNC(=O)CN2C(=O)[C@@H](C)CSc3ccc(S(=O)(=O)N4CCOCC4)cc32)cc1. The molecule has 11 heteroatoms. The van der Waals surface area contributed by atoms with Crippen LogP contribution < -0.4 is 15.0 Å². The molecular weight excluding hydrogens is 490 g/mol. The van der Waals surface area contributed by atoms with Crippen molar-refractivity contribution < 1.29 is 27.5 Å². The number of fused-ring (bicyclic) bond motifs is 1. The molecule has 0 aromatic heterocycles. The highest BCUT2D eigenvalue weighted by Crippen LogP contribution is 2.38. The molecule has 2 aromatic rings. The van der Waals surface area contributed by atoms with Gasteiger partial charge in [0.15, 0.2) is 0 Å². The van der Waals surface area contributed by atoms with Crippen molar-refractivity contribution in [2.75, 3.05) is 50.6 Å². The number of sulfonamides is 1. The van der Waals surface area contributed by atoms with Crippen LogP contribution in [0.1, 0.15) is 12.5 Å². The molecule has 188 valence electrons. The number of nitrogens with one attached hydrogen (secondary N) is 1. The van der Waals surface area contributed by atoms with E-state index >= 15 is 0 Å². The third-order valence-corrected chi connectivity index (χ3v) is 9.17. The van der Waals surface area contributed by atoms with Gasteiger partial charge in [-0.1, -0.05) is 19.1 Å². The van der Waals surface area contributed by atoms with Crippen molar-refractivity contribution in [3.8, 4) is 5.75 Å². The van der Waals surface area contributed by atoms with Crippen LogP contribution in [-0.2, 0) is 30.9 Å². The van der Waals surface area contributed by atoms with Crippen LogP contribution in [0.2, 0.25) is 0 Å². The van der Waals surface area contributed by atoms with Crippen molar-refractivity contribution in [2.45, 2.75) is 23.3 Å². The molecule has 4 rings (SSSR count). The van der Waals surface area contributed by atoms with Gasteiger partial charge in [-0.2, -0.15) is 4.31 Å². The van der Waals surface area contributed by atoms with Crippen LogP contribution >= 0.6 is 11.8 Å². The lowest BCUT2D eigenvalue weighted by atomic mass is 10.1. The lowest BCUT2D eigenvalue weighted by Gasteiger charge is -2.27. The number of hydrogen-bond acceptors (Lipinski definition) is 7. The molecule has 2 heterocycles. The van der Waals surface area contributed by atoms with Gasteiger partial charge in [-0.15, -0.1) is 11.8 Å². The lowest BCUT2D eigenvalue weighted by Crippen LogP contribution is -2.43. The molecule has 9 nitrogen and oxygen atoms in total. The number of hydrogen-bond donors (Lipinski definition) is 1. The fourth-order valence-corrected chi connectivity index (χ4v) is 6.39. The van der Waals surface area contributed by atoms with Gasteiger partial charge in [0, 0.05) is 36.2 Å². The summed E-state index contributed by atoms with van der Waals surface area (Å²) in [6.07, 6.45) is 0. The number of nitrogens with zero attached hydrogens (tertiary/aromatic N) is 2. The Morgan fingerprint density at radius 1 is 1.17 bits per heavy atom. The third-order valence-electron chi connectivity index (χ3n) is 5.96. The summed E-state index contributed by atoms with van der Waals surface area (Å²) in [4.78, 5) is 28.3. The van der Waals surface area contributed by atoms with Crippen molar-refractivity contribution in [1.29, 1.82) is 0 Å². The molecule has 0 spiro atoms. The number of carbonyl (C=O) groups excluding carboxylic acids is 2. The molecule has 1 saturated heterocycles. The van der Waals surface area contributed by atoms with Gasteiger partial charge in [0.1, 0.15) is 12.3 Å². The van der Waals surface area contributed by atoms with Crippen molar-refractivity contribution in [2.24, 2.45) is 5.92 Å². The van der Waals surface area contributed by atoms with Crippen LogP contribution in [-0.4, -0.2) is 70.2 Å². The first-order chi connectivity index (χ1) is 16.8. The van der Waals surface area contributed by atoms with E-state index in [2.05, 4.69) is 5.32 Å². The van der Waals surface area contributed by atoms with E-state index in [1.807, 2.05) is 31.2 Å². The minimum absolute atomic E-state index is 0.102. The van der Waals surface area contributed by atoms with Gasteiger partial charge in [0.25, 0.3) is 0 Å². The standard InChI is InChI=1S/C24H29N3O6S2/c1-17-16-34-22-8-7-20(35(30,31)26-9-11-33-12-10-26)13-21(22)27(24(17)29)15-23(28)25-14-18-3-5-19(32-2)6-4-18/h3-8,13,17H,9-12,14-16H2,1-2H3,(H,25,28)/t17-/m0/s1. The molecule has 2 amide bonds. The topological polar surface area (TPSA) is 105 Å². The summed E-state index contributed by atoms with van der Waals surface area (Å²) >= 11 is 1.49. The molecule has 2 aliphatic heterocycles. The maximum atomic E-state index is 13.2. The van der Waals surface area contributed by atoms with E-state index in [-0.39, 0.29) is 42.3 Å². The smallest absolute Gasteiger partial charge is 0.243 e. The Bertz CT molecular complexity index is 1180. The van der Waals surface area contributed by atoms with E-state index in [1.165, 1.54) is 27.0 Å². The molecule has 0 radical (unpaired) electrons. The molecule has 2 aromatic carbocycles. The summed E-state index contributed by atoms with van der Waals surface area (Å²) < 4.78 is 38.2. The molecule has 1 fully saturated rings. The molecule has 0 bridgehead atoms. The summed E-state index contributed by atoms with van der Waals surface area (Å²) in [5, 5.41) is 2.85. The largest absolute Gasteiger partial charge is 0.497 e. The average molecular weight is 520 g/mol. The van der Waals surface area contributed by atoms with Gasteiger partial charge in [-0.3, -0.25) is 9.59 Å². The number of ether oxygens (including phenoxy) is 2. The van der Waals surface area contributed by atoms with E-state index in [9.17, 15) is 18.0 Å². The molecule has 0 aliphatic carbocycles. The third kappa shape index (κ3) is 5.80. The van der Waals surface area contributed by atoms with Crippen molar-refractivity contribution in [1.82, 2.24) is 9.62 Å². The van der Waals surface area contributed by atoms with Crippen LogP contribution in [0.3, 0.4) is 0 Å². The Labute approximate surface area is 209 Å². The van der Waals surface area contributed by atoms with E-state index in [4.69, 9.17) is 9.47 Å². The first-order valence-electron chi connectivity index (χ1n) is 11.4. The van der Waals surface area contributed by atoms with Gasteiger partial charge in [0.05, 0.1) is 30.9 Å². The number of methoxy groups -OCH3 is 1. The Hall–Kier alpha value is -2.60. The minimum atomic E-state index is -3.75. The van der Waals surface area contributed by atoms with Gasteiger partial charge in [0.2, 0.25) is 21.8 Å². The lowest BCUT2D eigenvalue weighted by molar-refractivity contribution is -0.125. The Kier molecular flexibility index (Phi) is 8.00. The maximum Gasteiger partial charge on any atom is 0.243 e. The molecule has 35 heavy (non-hydrogen) atoms. The first-order valence-corrected chi connectivity index (χ1v) is 13.8. The fourth-order valence-electron chi connectivity index (χ4n) is 3.90.